The molecular weight excluding hydrogens is 660 g/mol. The zero-order chi connectivity index (χ0) is 38.8. The number of carbonyl (C=O) groups is 5. The molecule has 5 N–H and O–H groups in total. The van der Waals surface area contributed by atoms with Gasteiger partial charge in [0.05, 0.1) is 31.6 Å². The summed E-state index contributed by atoms with van der Waals surface area (Å²) in [4.78, 5) is 68.4. The number of ketones is 5. The van der Waals surface area contributed by atoms with Crippen molar-refractivity contribution in [2.24, 2.45) is 29.6 Å². The predicted octanol–water partition coefficient (Wildman–Crippen LogP) is 6.20. The Morgan fingerprint density at radius 3 is 1.29 bits per heavy atom. The van der Waals surface area contributed by atoms with Crippen LogP contribution in [0.15, 0.2) is 11.3 Å². The topological polar surface area (TPSA) is 205 Å². The molecule has 0 spiro atoms. The van der Waals surface area contributed by atoms with E-state index in [1.54, 1.807) is 41.5 Å². The van der Waals surface area contributed by atoms with Crippen LogP contribution in [0.25, 0.3) is 0 Å². The molecule has 0 fully saturated rings. The summed E-state index contributed by atoms with van der Waals surface area (Å²) in [6, 6.07) is 0. The maximum atomic E-state index is 14.3. The molecule has 2 aromatic rings. The molecule has 1 aliphatic carbocycles. The first-order chi connectivity index (χ1) is 23.7. The Morgan fingerprint density at radius 2 is 0.941 bits per heavy atom. The summed E-state index contributed by atoms with van der Waals surface area (Å²) in [7, 11) is 2.53. The van der Waals surface area contributed by atoms with Gasteiger partial charge in [-0.3, -0.25) is 24.0 Å². The largest absolute Gasteiger partial charge is 0.511 e. The van der Waals surface area contributed by atoms with Crippen molar-refractivity contribution in [2.45, 2.75) is 87.5 Å². The molecule has 2 aromatic carbocycles. The van der Waals surface area contributed by atoms with E-state index in [1.807, 2.05) is 0 Å². The van der Waals surface area contributed by atoms with Crippen molar-refractivity contribution in [2.75, 3.05) is 14.2 Å². The Hall–Kier alpha value is -4.87. The molecule has 12 heteroatoms. The third kappa shape index (κ3) is 7.89. The van der Waals surface area contributed by atoms with Gasteiger partial charge in [0.25, 0.3) is 0 Å². The Labute approximate surface area is 298 Å². The molecule has 0 aromatic heterocycles. The van der Waals surface area contributed by atoms with Crippen LogP contribution in [0.2, 0.25) is 0 Å². The van der Waals surface area contributed by atoms with Crippen LogP contribution in [-0.2, 0) is 27.2 Å². The number of phenols is 4. The summed E-state index contributed by atoms with van der Waals surface area (Å²) < 4.78 is 10.7. The lowest BCUT2D eigenvalue weighted by Crippen LogP contribution is -2.42. The number of aliphatic hydroxyl groups is 1. The van der Waals surface area contributed by atoms with Crippen molar-refractivity contribution in [3.8, 4) is 34.5 Å². The highest BCUT2D eigenvalue weighted by Crippen LogP contribution is 2.48. The Kier molecular flexibility index (Phi) is 12.7. The predicted molar refractivity (Wildman–Crippen MR) is 188 cm³/mol. The Bertz CT molecular complexity index is 1790. The molecule has 2 atom stereocenters. The number of benzene rings is 2. The molecule has 0 radical (unpaired) electrons. The lowest BCUT2D eigenvalue weighted by molar-refractivity contribution is -0.136. The van der Waals surface area contributed by atoms with Crippen LogP contribution in [0.4, 0.5) is 0 Å². The number of carbonyl (C=O) groups excluding carboxylic acids is 5. The molecule has 12 nitrogen and oxygen atoms in total. The van der Waals surface area contributed by atoms with Crippen LogP contribution in [0.5, 0.6) is 34.5 Å². The van der Waals surface area contributed by atoms with Gasteiger partial charge in [-0.1, -0.05) is 41.5 Å². The van der Waals surface area contributed by atoms with Gasteiger partial charge >= 0.3 is 0 Å². The van der Waals surface area contributed by atoms with Gasteiger partial charge in [-0.25, -0.2) is 0 Å². The molecule has 0 bridgehead atoms. The molecule has 0 amide bonds. The molecule has 3 rings (SSSR count). The number of Topliss-reactive ketones (excluding diaryl/α,β-unsaturated/α-hetero) is 5. The van der Waals surface area contributed by atoms with Crippen molar-refractivity contribution < 1.29 is 59.0 Å². The van der Waals surface area contributed by atoms with E-state index in [-0.39, 0.29) is 81.9 Å². The number of hydrogen-bond donors (Lipinski definition) is 5. The maximum absolute atomic E-state index is 14.3. The number of phenolic OH excluding ortho intramolecular Hbond substituents is 4. The van der Waals surface area contributed by atoms with Gasteiger partial charge in [-0.2, -0.15) is 0 Å². The minimum Gasteiger partial charge on any atom is -0.511 e. The Balaban J connectivity index is 2.30. The molecule has 0 aliphatic heterocycles. The second-order valence-corrected chi connectivity index (χ2v) is 14.5. The van der Waals surface area contributed by atoms with Gasteiger partial charge in [0.1, 0.15) is 51.4 Å². The smallest absolute Gasteiger partial charge is 0.180 e. The minimum absolute atomic E-state index is 0.0112. The highest BCUT2D eigenvalue weighted by molar-refractivity contribution is 6.28. The standard InChI is InChI=1S/C39H50O12/c1-16(2)11-25(40)28-34(46)23(14-21-31(43)19(7)38(50-9)29(36(21)48)26(41)12-17(3)4)33(45)24(35(28)47)15-22-32(44)20(8)39(51-10)30(37(22)49)27(42)13-18(5)6/h16-18,23-24,43-44,46,48-49H,11-15H2,1-10H3. The van der Waals surface area contributed by atoms with Crippen molar-refractivity contribution in [1.82, 2.24) is 0 Å². The van der Waals surface area contributed by atoms with E-state index in [0.717, 1.165) is 0 Å². The van der Waals surface area contributed by atoms with Gasteiger partial charge in [-0.05, 0) is 44.4 Å². The number of hydrogen-bond acceptors (Lipinski definition) is 12. The van der Waals surface area contributed by atoms with Gasteiger partial charge in [0.2, 0.25) is 0 Å². The first-order valence-electron chi connectivity index (χ1n) is 17.0. The van der Waals surface area contributed by atoms with Crippen molar-refractivity contribution in [3.05, 3.63) is 44.7 Å². The zero-order valence-corrected chi connectivity index (χ0v) is 31.0. The van der Waals surface area contributed by atoms with E-state index < -0.39 is 87.9 Å². The third-order valence-electron chi connectivity index (χ3n) is 9.14. The molecular formula is C39H50O12. The van der Waals surface area contributed by atoms with E-state index in [1.165, 1.54) is 28.1 Å². The second-order valence-electron chi connectivity index (χ2n) is 14.5. The monoisotopic (exact) mass is 710 g/mol. The van der Waals surface area contributed by atoms with Crippen LogP contribution in [0, 0.1) is 43.4 Å². The van der Waals surface area contributed by atoms with E-state index in [4.69, 9.17) is 9.47 Å². The minimum atomic E-state index is -1.75. The maximum Gasteiger partial charge on any atom is 0.180 e. The van der Waals surface area contributed by atoms with E-state index in [9.17, 15) is 49.5 Å². The average Bonchev–Trinajstić information content (AvgIpc) is 3.02. The van der Waals surface area contributed by atoms with E-state index in [0.29, 0.717) is 0 Å². The molecule has 278 valence electrons. The van der Waals surface area contributed by atoms with Crippen molar-refractivity contribution in [3.63, 3.8) is 0 Å². The van der Waals surface area contributed by atoms with Gasteiger partial charge in [0.15, 0.2) is 28.9 Å². The van der Waals surface area contributed by atoms with Crippen LogP contribution in [0.3, 0.4) is 0 Å². The summed E-state index contributed by atoms with van der Waals surface area (Å²) in [5, 5.41) is 56.7. The summed E-state index contributed by atoms with van der Waals surface area (Å²) in [5.41, 5.74) is -1.57. The Morgan fingerprint density at radius 1 is 0.588 bits per heavy atom. The quantitative estimate of drug-likeness (QED) is 0.0796. The molecule has 0 saturated carbocycles. The van der Waals surface area contributed by atoms with Crippen LogP contribution >= 0.6 is 0 Å². The van der Waals surface area contributed by atoms with Crippen LogP contribution in [-0.4, -0.2) is 68.7 Å². The number of rotatable bonds is 15. The fraction of sp³-hybridized carbons (Fsp3) is 0.513. The molecule has 0 heterocycles. The molecule has 0 saturated heterocycles. The fourth-order valence-electron chi connectivity index (χ4n) is 6.68. The average molecular weight is 711 g/mol. The summed E-state index contributed by atoms with van der Waals surface area (Å²) >= 11 is 0. The summed E-state index contributed by atoms with van der Waals surface area (Å²) in [6.07, 6.45) is -1.44. The second kappa shape index (κ2) is 16.0. The van der Waals surface area contributed by atoms with Crippen LogP contribution < -0.4 is 9.47 Å². The molecule has 51 heavy (non-hydrogen) atoms. The highest BCUT2D eigenvalue weighted by atomic mass is 16.5. The third-order valence-corrected chi connectivity index (χ3v) is 9.14. The van der Waals surface area contributed by atoms with Crippen molar-refractivity contribution in [1.29, 1.82) is 0 Å². The van der Waals surface area contributed by atoms with Crippen LogP contribution in [0.1, 0.15) is 104 Å². The lowest BCUT2D eigenvalue weighted by Gasteiger charge is -2.30. The number of aromatic hydroxyl groups is 4. The van der Waals surface area contributed by atoms with Gasteiger partial charge in [0, 0.05) is 41.5 Å². The van der Waals surface area contributed by atoms with Gasteiger partial charge < -0.3 is 35.0 Å². The summed E-state index contributed by atoms with van der Waals surface area (Å²) in [6.45, 7) is 13.5. The lowest BCUT2D eigenvalue weighted by atomic mass is 9.72. The van der Waals surface area contributed by atoms with E-state index in [2.05, 4.69) is 0 Å². The van der Waals surface area contributed by atoms with Gasteiger partial charge in [-0.15, -0.1) is 0 Å². The first kappa shape index (κ1) is 40.6. The number of ether oxygens (including phenoxy) is 2. The summed E-state index contributed by atoms with van der Waals surface area (Å²) in [5.74, 6) is -11.1. The number of allylic oxidation sites excluding steroid dienone is 2. The van der Waals surface area contributed by atoms with E-state index >= 15 is 0 Å². The highest BCUT2D eigenvalue weighted by Gasteiger charge is 2.47. The fourth-order valence-corrected chi connectivity index (χ4v) is 6.68. The normalized spacial score (nSPS) is 16.4. The molecule has 1 aliphatic rings. The number of aliphatic hydroxyl groups excluding tert-OH is 1. The van der Waals surface area contributed by atoms with Crippen molar-refractivity contribution >= 4 is 28.9 Å². The number of methoxy groups -OCH3 is 2. The SMILES string of the molecule is COc1c(C)c(O)c(CC2C(=O)C(C(=O)CC(C)C)=C(O)C(Cc3c(O)c(C)c(OC)c(C(=O)CC(C)C)c3O)C2=O)c(O)c1C(=O)CC(C)C. The molecule has 2 unspecified atom stereocenters. The first-order valence-corrected chi connectivity index (χ1v) is 17.0. The zero-order valence-electron chi connectivity index (χ0n) is 31.0.